The Morgan fingerprint density at radius 2 is 0.952 bits per heavy atom. The van der Waals surface area contributed by atoms with E-state index in [1.807, 2.05) is 24.3 Å². The summed E-state index contributed by atoms with van der Waals surface area (Å²) >= 11 is -1.88. The van der Waals surface area contributed by atoms with Crippen molar-refractivity contribution in [3.05, 3.63) is 125 Å². The summed E-state index contributed by atoms with van der Waals surface area (Å²) in [5, 5.41) is 0. The molecule has 6 aliphatic rings. The van der Waals surface area contributed by atoms with Crippen molar-refractivity contribution in [2.75, 3.05) is 4.90 Å². The second kappa shape index (κ2) is 26.0. The van der Waals surface area contributed by atoms with Crippen molar-refractivity contribution in [3.8, 4) is 0 Å². The first-order valence-corrected chi connectivity index (χ1v) is 32.7. The summed E-state index contributed by atoms with van der Waals surface area (Å²) in [6.45, 7) is 8.98. The van der Waals surface area contributed by atoms with Gasteiger partial charge in [0.25, 0.3) is 0 Å². The number of anilines is 1. The molecule has 4 saturated carbocycles. The molecule has 0 bridgehead atoms. The number of hydrogen-bond donors (Lipinski definition) is 0. The second-order valence-electron chi connectivity index (χ2n) is 19.9. The average molecular weight is 997 g/mol. The fourth-order valence-electron chi connectivity index (χ4n) is 12.2. The average Bonchev–Trinajstić information content (AvgIpc) is 3.95. The minimum absolute atomic E-state index is 0.0465. The molecule has 0 aromatic heterocycles. The van der Waals surface area contributed by atoms with Crippen LogP contribution in [0.3, 0.4) is 0 Å². The normalized spacial score (nSPS) is 21.4. The van der Waals surface area contributed by atoms with Crippen molar-refractivity contribution in [2.45, 2.75) is 211 Å². The molecule has 0 atom stereocenters. The SMILES string of the molecule is C1CCC([PH+](C2CCCCC2)C2CCCCC2)CC1.Cc1cc(C)c(N2C=CN(C3CCCCCCCCCCC3)[CH-]2)c(C)c1.[Cl][Ru]([Cl])=[C]1C=C(c2ccccc2)c2ccccc21. The van der Waals surface area contributed by atoms with Gasteiger partial charge >= 0.3 is 120 Å². The van der Waals surface area contributed by atoms with E-state index in [2.05, 4.69) is 98.2 Å². The Kier molecular flexibility index (Phi) is 20.3. The molecule has 2 nitrogen and oxygen atoms in total. The van der Waals surface area contributed by atoms with Crippen molar-refractivity contribution in [1.29, 1.82) is 0 Å². The van der Waals surface area contributed by atoms with Gasteiger partial charge in [-0.05, 0) is 134 Å². The first kappa shape index (κ1) is 49.2. The van der Waals surface area contributed by atoms with Crippen molar-refractivity contribution >= 4 is 42.7 Å². The zero-order valence-corrected chi connectivity index (χ0v) is 43.6. The molecule has 0 saturated heterocycles. The Labute approximate surface area is 399 Å². The van der Waals surface area contributed by atoms with Crippen molar-refractivity contribution in [3.63, 3.8) is 0 Å². The van der Waals surface area contributed by atoms with Crippen molar-refractivity contribution in [1.82, 2.24) is 4.90 Å². The van der Waals surface area contributed by atoms with Gasteiger partial charge in [0.1, 0.15) is 0 Å². The number of allylic oxidation sites excluding steroid dienone is 1. The third-order valence-electron chi connectivity index (χ3n) is 15.2. The van der Waals surface area contributed by atoms with Crippen LogP contribution in [0.1, 0.15) is 200 Å². The predicted octanol–water partition coefficient (Wildman–Crippen LogP) is 17.8. The van der Waals surface area contributed by atoms with Crippen LogP contribution in [0.15, 0.2) is 85.2 Å². The van der Waals surface area contributed by atoms with Gasteiger partial charge < -0.3 is 9.80 Å². The van der Waals surface area contributed by atoms with Crippen molar-refractivity contribution < 1.29 is 13.5 Å². The summed E-state index contributed by atoms with van der Waals surface area (Å²) in [7, 11) is 12.3. The van der Waals surface area contributed by atoms with E-state index in [0.717, 1.165) is 4.11 Å². The molecule has 9 rings (SSSR count). The van der Waals surface area contributed by atoms with E-state index in [1.165, 1.54) is 132 Å². The number of halogens is 2. The van der Waals surface area contributed by atoms with Gasteiger partial charge in [0, 0.05) is 19.7 Å². The number of hydrogen-bond acceptors (Lipinski definition) is 2. The van der Waals surface area contributed by atoms with E-state index >= 15 is 0 Å². The van der Waals surface area contributed by atoms with Gasteiger partial charge in [-0.15, -0.1) is 0 Å². The van der Waals surface area contributed by atoms with Gasteiger partial charge in [-0.25, -0.2) is 0 Å². The number of aryl methyl sites for hydroxylation is 3. The maximum atomic E-state index is 6.19. The van der Waals surface area contributed by atoms with Crippen LogP contribution in [-0.2, 0) is 13.5 Å². The zero-order chi connectivity index (χ0) is 43.8. The molecule has 1 aliphatic heterocycles. The van der Waals surface area contributed by atoms with Crippen LogP contribution in [0.2, 0.25) is 0 Å². The first-order valence-electron chi connectivity index (χ1n) is 25.6. The molecular weight excluding hydrogens is 916 g/mol. The molecule has 0 N–H and O–H groups in total. The summed E-state index contributed by atoms with van der Waals surface area (Å²) in [5.74, 6) is 0. The van der Waals surface area contributed by atoms with Crippen molar-refractivity contribution in [2.24, 2.45) is 0 Å². The zero-order valence-electron chi connectivity index (χ0n) is 39.4. The Bertz CT molecular complexity index is 1860. The molecule has 1 heterocycles. The third-order valence-corrected chi connectivity index (χ3v) is 22.9. The molecule has 0 spiro atoms. The monoisotopic (exact) mass is 996 g/mol. The third kappa shape index (κ3) is 14.1. The predicted molar refractivity (Wildman–Crippen MR) is 278 cm³/mol. The Morgan fingerprint density at radius 1 is 0.524 bits per heavy atom. The molecule has 63 heavy (non-hydrogen) atoms. The fourth-order valence-corrected chi connectivity index (χ4v) is 19.9. The number of fused-ring (bicyclic) bond motifs is 1. The molecule has 346 valence electrons. The van der Waals surface area contributed by atoms with E-state index in [0.29, 0.717) is 6.04 Å². The molecule has 0 radical (unpaired) electrons. The van der Waals surface area contributed by atoms with E-state index in [4.69, 9.17) is 19.4 Å². The molecule has 3 aromatic carbocycles. The standard InChI is InChI=1S/C24H37N2.C18H33P.C15H10.2ClH.Ru/c1-20-17-21(2)24(22(3)18-20)26-16-15-25(19-26)23-13-11-9-7-5-4-6-8-10-12-14-23;1-4-10-16(11-5-1)19(17-12-6-2-7-13-17)18-14-8-3-9-15-18;1-2-6-12(7-3-1)15-11-10-13-8-4-5-9-14(13)15;;;/h15-19,23H,4-14H2,1-3H3;16-18H,1-15H2;1-9,11H;2*1H;/q-1;;;;;+2/p-1. The van der Waals surface area contributed by atoms with Crippen LogP contribution in [0.4, 0.5) is 5.69 Å². The Morgan fingerprint density at radius 3 is 1.44 bits per heavy atom. The molecule has 3 aromatic rings. The fraction of sp³-hybridized carbons (Fsp3) is 0.579. The molecular formula is C57H81Cl2N2PRu. The molecule has 4 fully saturated rings. The van der Waals surface area contributed by atoms with Gasteiger partial charge in [-0.2, -0.15) is 6.67 Å². The second-order valence-corrected chi connectivity index (χ2v) is 29.2. The van der Waals surface area contributed by atoms with E-state index < -0.39 is 13.5 Å². The Hall–Kier alpha value is -1.76. The number of rotatable bonds is 6. The minimum atomic E-state index is -1.88. The summed E-state index contributed by atoms with van der Waals surface area (Å²) in [6.07, 6.45) is 46.0. The number of benzene rings is 3. The van der Waals surface area contributed by atoms with Gasteiger partial charge in [0.15, 0.2) is 0 Å². The first-order chi connectivity index (χ1) is 30.9. The van der Waals surface area contributed by atoms with Gasteiger partial charge in [-0.3, -0.25) is 0 Å². The van der Waals surface area contributed by atoms with Crippen LogP contribution >= 0.6 is 27.3 Å². The van der Waals surface area contributed by atoms with E-state index in [-0.39, 0.29) is 7.92 Å². The maximum absolute atomic E-state index is 6.19. The van der Waals surface area contributed by atoms with Crippen LogP contribution in [0, 0.1) is 27.4 Å². The molecule has 6 heteroatoms. The molecule has 0 amide bonds. The van der Waals surface area contributed by atoms with Gasteiger partial charge in [0.05, 0.1) is 17.0 Å². The topological polar surface area (TPSA) is 6.48 Å². The number of nitrogens with zero attached hydrogens (tertiary/aromatic N) is 2. The molecule has 5 aliphatic carbocycles. The Balaban J connectivity index is 0.000000145. The van der Waals surface area contributed by atoms with Crippen LogP contribution in [-0.4, -0.2) is 32.0 Å². The van der Waals surface area contributed by atoms with Crippen LogP contribution < -0.4 is 4.90 Å². The molecule has 0 unspecified atom stereocenters. The van der Waals surface area contributed by atoms with Crippen LogP contribution in [0.5, 0.6) is 0 Å². The van der Waals surface area contributed by atoms with Gasteiger partial charge in [0.2, 0.25) is 0 Å². The van der Waals surface area contributed by atoms with E-state index in [9.17, 15) is 0 Å². The van der Waals surface area contributed by atoms with Gasteiger partial charge in [-0.1, -0.05) is 94.7 Å². The summed E-state index contributed by atoms with van der Waals surface area (Å²) in [4.78, 5) is 4.82. The summed E-state index contributed by atoms with van der Waals surface area (Å²) in [5.41, 5.74) is 14.0. The summed E-state index contributed by atoms with van der Waals surface area (Å²) < 4.78 is 1.12. The van der Waals surface area contributed by atoms with Crippen LogP contribution in [0.25, 0.3) is 5.57 Å². The summed E-state index contributed by atoms with van der Waals surface area (Å²) in [6, 6.07) is 23.9. The van der Waals surface area contributed by atoms with E-state index in [1.54, 1.807) is 96.3 Å². The quantitative estimate of drug-likeness (QED) is 0.138.